The third-order valence-corrected chi connectivity index (χ3v) is 0.236. The van der Waals surface area contributed by atoms with Crippen molar-refractivity contribution in [3.05, 3.63) is 0 Å². The molecule has 0 bridgehead atoms. The van der Waals surface area contributed by atoms with Gasteiger partial charge in [0.1, 0.15) is 0 Å². The van der Waals surface area contributed by atoms with E-state index in [9.17, 15) is 0 Å². The fourth-order valence-electron chi connectivity index (χ4n) is 0.118. The molecule has 0 aromatic carbocycles. The fourth-order valence-corrected chi connectivity index (χ4v) is 0.118. The first kappa shape index (κ1) is 10.1. The van der Waals surface area contributed by atoms with Crippen LogP contribution in [-0.4, -0.2) is 51.5 Å². The van der Waals surface area contributed by atoms with Gasteiger partial charge in [0, 0.05) is 14.2 Å². The second kappa shape index (κ2) is 9.37. The summed E-state index contributed by atoms with van der Waals surface area (Å²) in [6, 6.07) is 0. The Bertz CT molecular complexity index is 19.0. The van der Waals surface area contributed by atoms with Crippen LogP contribution in [0.4, 0.5) is 0 Å². The molecule has 0 heterocycles. The zero-order valence-electron chi connectivity index (χ0n) is 3.52. The van der Waals surface area contributed by atoms with Gasteiger partial charge in [0.25, 0.3) is 0 Å². The van der Waals surface area contributed by atoms with Gasteiger partial charge in [0.2, 0.25) is 0 Å². The Morgan fingerprint density at radius 2 is 1.50 bits per heavy atom. The van der Waals surface area contributed by atoms with Gasteiger partial charge in [-0.1, -0.05) is 0 Å². The van der Waals surface area contributed by atoms with Gasteiger partial charge in [-0.15, -0.1) is 0 Å². The molecule has 0 aliphatic rings. The van der Waals surface area contributed by atoms with E-state index in [1.54, 1.807) is 14.2 Å². The molecule has 0 aromatic heterocycles. The first-order valence-corrected chi connectivity index (χ1v) is 1.39. The summed E-state index contributed by atoms with van der Waals surface area (Å²) in [6.07, 6.45) is 0. The molecule has 0 fully saturated rings. The second-order valence-corrected chi connectivity index (χ2v) is 0.695. The Morgan fingerprint density at radius 1 is 1.17 bits per heavy atom. The van der Waals surface area contributed by atoms with Crippen LogP contribution < -0.4 is 0 Å². The van der Waals surface area contributed by atoms with Crippen LogP contribution in [0.5, 0.6) is 0 Å². The predicted octanol–water partition coefficient (Wildman–Crippen LogP) is -1.10. The summed E-state index contributed by atoms with van der Waals surface area (Å²) < 4.78 is 8.94. The summed E-state index contributed by atoms with van der Waals surface area (Å²) in [5.41, 5.74) is 0. The topological polar surface area (TPSA) is 18.5 Å². The van der Waals surface area contributed by atoms with Crippen LogP contribution in [0.1, 0.15) is 0 Å². The van der Waals surface area contributed by atoms with Crippen LogP contribution in [0.25, 0.3) is 0 Å². The van der Waals surface area contributed by atoms with E-state index in [0.717, 1.165) is 0 Å². The molecule has 2 nitrogen and oxygen atoms in total. The van der Waals surface area contributed by atoms with E-state index in [2.05, 4.69) is 9.31 Å². The molecule has 0 rings (SSSR count). The van der Waals surface area contributed by atoms with Gasteiger partial charge >= 0.3 is 37.2 Å². The Labute approximate surface area is 60.8 Å². The van der Waals surface area contributed by atoms with E-state index >= 15 is 0 Å². The van der Waals surface area contributed by atoms with Gasteiger partial charge < -0.3 is 9.31 Å². The Hall–Kier alpha value is 0.985. The molecule has 6 heavy (non-hydrogen) atoms. The van der Waals surface area contributed by atoms with E-state index in [4.69, 9.17) is 0 Å². The van der Waals surface area contributed by atoms with Crippen LogP contribution >= 0.6 is 0 Å². The van der Waals surface area contributed by atoms with Crippen LogP contribution in [0, 0.1) is 0 Å². The van der Waals surface area contributed by atoms with Gasteiger partial charge in [-0.05, 0) is 0 Å². The summed E-state index contributed by atoms with van der Waals surface area (Å²) in [5.74, 6) is 0. The molecular formula is C2H8BNaO2. The van der Waals surface area contributed by atoms with E-state index in [1.807, 2.05) is 0 Å². The molecule has 0 radical (unpaired) electrons. The van der Waals surface area contributed by atoms with Crippen molar-refractivity contribution in [2.45, 2.75) is 0 Å². The van der Waals surface area contributed by atoms with Crippen LogP contribution in [0.2, 0.25) is 0 Å². The zero-order valence-corrected chi connectivity index (χ0v) is 3.52. The molecule has 0 amide bonds. The van der Waals surface area contributed by atoms with Crippen molar-refractivity contribution >= 4 is 37.2 Å². The van der Waals surface area contributed by atoms with Crippen molar-refractivity contribution in [1.29, 1.82) is 0 Å². The van der Waals surface area contributed by atoms with Crippen LogP contribution in [0.3, 0.4) is 0 Å². The molecule has 0 N–H and O–H groups in total. The first-order valence-electron chi connectivity index (χ1n) is 1.39. The quantitative estimate of drug-likeness (QED) is 0.408. The predicted molar refractivity (Wildman–Crippen MR) is 28.3 cm³/mol. The van der Waals surface area contributed by atoms with E-state index in [0.29, 0.717) is 7.69 Å². The van der Waals surface area contributed by atoms with Crippen LogP contribution in [-0.2, 0) is 9.31 Å². The molecule has 0 aromatic rings. The fraction of sp³-hybridized carbons (Fsp3) is 1.00. The van der Waals surface area contributed by atoms with E-state index in [-0.39, 0.29) is 29.6 Å². The molecule has 0 aliphatic carbocycles. The number of rotatable bonds is 2. The maximum atomic E-state index is 4.47. The average Bonchev–Trinajstić information content (AvgIpc) is 1.41. The van der Waals surface area contributed by atoms with Crippen molar-refractivity contribution in [1.82, 2.24) is 0 Å². The summed E-state index contributed by atoms with van der Waals surface area (Å²) >= 11 is 0. The second-order valence-electron chi connectivity index (χ2n) is 0.695. The SMILES string of the molecule is COBOC.[NaH]. The number of hydrogen-bond donors (Lipinski definition) is 0. The van der Waals surface area contributed by atoms with Crippen molar-refractivity contribution in [2.24, 2.45) is 0 Å². The van der Waals surface area contributed by atoms with Crippen molar-refractivity contribution < 1.29 is 9.31 Å². The third kappa shape index (κ3) is 8.88. The third-order valence-electron chi connectivity index (χ3n) is 0.236. The van der Waals surface area contributed by atoms with Gasteiger partial charge in [-0.3, -0.25) is 0 Å². The molecule has 4 heteroatoms. The molecule has 0 aliphatic heterocycles. The Balaban J connectivity index is 0. The monoisotopic (exact) mass is 98.1 g/mol. The minimum absolute atomic E-state index is 0. The van der Waals surface area contributed by atoms with Gasteiger partial charge in [-0.2, -0.15) is 0 Å². The van der Waals surface area contributed by atoms with Crippen molar-refractivity contribution in [3.8, 4) is 0 Å². The molecule has 0 saturated heterocycles. The molecule has 0 atom stereocenters. The summed E-state index contributed by atoms with van der Waals surface area (Å²) in [7, 11) is 3.56. The first-order chi connectivity index (χ1) is 2.41. The van der Waals surface area contributed by atoms with Crippen LogP contribution in [0.15, 0.2) is 0 Å². The molecule has 32 valence electrons. The standard InChI is InChI=1S/C2H7BO2.Na.H/c1-4-3-5-2;;/h3H,1-2H3;;. The van der Waals surface area contributed by atoms with E-state index < -0.39 is 0 Å². The molecule has 0 unspecified atom stereocenters. The molecule has 0 saturated carbocycles. The van der Waals surface area contributed by atoms with E-state index in [1.165, 1.54) is 0 Å². The number of hydrogen-bond acceptors (Lipinski definition) is 2. The zero-order chi connectivity index (χ0) is 4.12. The van der Waals surface area contributed by atoms with Gasteiger partial charge in [0.05, 0.1) is 0 Å². The molecular weight excluding hydrogens is 89.8 g/mol. The molecule has 0 spiro atoms. The summed E-state index contributed by atoms with van der Waals surface area (Å²) in [5, 5.41) is 0. The maximum absolute atomic E-state index is 4.47. The Kier molecular flexibility index (Phi) is 15.7. The van der Waals surface area contributed by atoms with Gasteiger partial charge in [0.15, 0.2) is 0 Å². The van der Waals surface area contributed by atoms with Gasteiger partial charge in [-0.25, -0.2) is 0 Å². The van der Waals surface area contributed by atoms with Crippen molar-refractivity contribution in [2.75, 3.05) is 14.2 Å². The average molecular weight is 97.9 g/mol. The van der Waals surface area contributed by atoms with Crippen molar-refractivity contribution in [3.63, 3.8) is 0 Å². The summed E-state index contributed by atoms with van der Waals surface area (Å²) in [6.45, 7) is 0. The minimum atomic E-state index is 0. The Morgan fingerprint density at radius 3 is 1.50 bits per heavy atom. The summed E-state index contributed by atoms with van der Waals surface area (Å²) in [4.78, 5) is 0. The normalized spacial score (nSPS) is 6.33.